The molecule has 0 amide bonds. The Bertz CT molecular complexity index is 398. The standard InChI is InChI=1S/C10H11ClFNO3/c1-15-10(14)9-7(12)4-6(11)5-8(9)16-3-2-13/h4-5H,2-3,13H2,1H3. The number of carbonyl (C=O) groups excluding carboxylic acids is 1. The molecule has 88 valence electrons. The summed E-state index contributed by atoms with van der Waals surface area (Å²) in [5, 5.41) is 0.136. The molecule has 4 nitrogen and oxygen atoms in total. The van der Waals surface area contributed by atoms with Gasteiger partial charge >= 0.3 is 5.97 Å². The third-order valence-corrected chi connectivity index (χ3v) is 2.00. The lowest BCUT2D eigenvalue weighted by atomic mass is 10.2. The second-order valence-electron chi connectivity index (χ2n) is 2.89. The maximum Gasteiger partial charge on any atom is 0.344 e. The number of esters is 1. The molecule has 0 aromatic heterocycles. The van der Waals surface area contributed by atoms with Crippen molar-refractivity contribution in [1.29, 1.82) is 0 Å². The molecule has 0 aliphatic heterocycles. The predicted molar refractivity (Wildman–Crippen MR) is 57.3 cm³/mol. The molecule has 1 rings (SSSR count). The van der Waals surface area contributed by atoms with Crippen molar-refractivity contribution in [2.45, 2.75) is 0 Å². The van der Waals surface area contributed by atoms with E-state index in [0.29, 0.717) is 0 Å². The highest BCUT2D eigenvalue weighted by Crippen LogP contribution is 2.27. The van der Waals surface area contributed by atoms with Gasteiger partial charge in [-0.15, -0.1) is 0 Å². The van der Waals surface area contributed by atoms with Crippen molar-refractivity contribution >= 4 is 17.6 Å². The molecule has 0 radical (unpaired) electrons. The second-order valence-corrected chi connectivity index (χ2v) is 3.33. The molecular formula is C10H11ClFNO3. The van der Waals surface area contributed by atoms with Crippen molar-refractivity contribution in [3.05, 3.63) is 28.5 Å². The minimum atomic E-state index is -0.818. The Kier molecular flexibility index (Phi) is 4.52. The van der Waals surface area contributed by atoms with E-state index in [1.165, 1.54) is 6.07 Å². The third kappa shape index (κ3) is 2.84. The maximum absolute atomic E-state index is 13.5. The van der Waals surface area contributed by atoms with Crippen molar-refractivity contribution in [1.82, 2.24) is 0 Å². The second kappa shape index (κ2) is 5.67. The average Bonchev–Trinajstić information content (AvgIpc) is 2.24. The molecule has 0 spiro atoms. The van der Waals surface area contributed by atoms with E-state index in [0.717, 1.165) is 13.2 Å². The van der Waals surface area contributed by atoms with Gasteiger partial charge in [0.25, 0.3) is 0 Å². The minimum Gasteiger partial charge on any atom is -0.491 e. The van der Waals surface area contributed by atoms with Crippen molar-refractivity contribution in [2.75, 3.05) is 20.3 Å². The van der Waals surface area contributed by atoms with E-state index < -0.39 is 11.8 Å². The third-order valence-electron chi connectivity index (χ3n) is 1.78. The van der Waals surface area contributed by atoms with Crippen LogP contribution in [-0.4, -0.2) is 26.2 Å². The Morgan fingerprint density at radius 1 is 1.56 bits per heavy atom. The topological polar surface area (TPSA) is 61.5 Å². The van der Waals surface area contributed by atoms with Crippen LogP contribution in [0, 0.1) is 5.82 Å². The number of hydrogen-bond donors (Lipinski definition) is 1. The van der Waals surface area contributed by atoms with E-state index in [1.807, 2.05) is 0 Å². The lowest BCUT2D eigenvalue weighted by Crippen LogP contribution is -2.14. The van der Waals surface area contributed by atoms with Gasteiger partial charge in [-0.3, -0.25) is 0 Å². The van der Waals surface area contributed by atoms with Crippen LogP contribution in [0.15, 0.2) is 12.1 Å². The van der Waals surface area contributed by atoms with Gasteiger partial charge in [-0.2, -0.15) is 0 Å². The summed E-state index contributed by atoms with van der Waals surface area (Å²) in [6, 6.07) is 2.36. The summed E-state index contributed by atoms with van der Waals surface area (Å²) in [6.45, 7) is 0.401. The summed E-state index contributed by atoms with van der Waals surface area (Å²) >= 11 is 5.65. The smallest absolute Gasteiger partial charge is 0.344 e. The highest BCUT2D eigenvalue weighted by Gasteiger charge is 2.19. The fraction of sp³-hybridized carbons (Fsp3) is 0.300. The van der Waals surface area contributed by atoms with E-state index in [-0.39, 0.29) is 29.5 Å². The highest BCUT2D eigenvalue weighted by atomic mass is 35.5. The quantitative estimate of drug-likeness (QED) is 0.821. The lowest BCUT2D eigenvalue weighted by Gasteiger charge is -2.10. The first-order chi connectivity index (χ1) is 7.60. The average molecular weight is 248 g/mol. The summed E-state index contributed by atoms with van der Waals surface area (Å²) < 4.78 is 23.0. The van der Waals surface area contributed by atoms with E-state index >= 15 is 0 Å². The Labute approximate surface area is 97.1 Å². The molecule has 0 saturated carbocycles. The molecule has 6 heteroatoms. The van der Waals surface area contributed by atoms with Gasteiger partial charge in [0.15, 0.2) is 0 Å². The van der Waals surface area contributed by atoms with E-state index in [4.69, 9.17) is 22.1 Å². The van der Waals surface area contributed by atoms with E-state index in [1.54, 1.807) is 0 Å². The van der Waals surface area contributed by atoms with Crippen molar-refractivity contribution < 1.29 is 18.7 Å². The fourth-order valence-electron chi connectivity index (χ4n) is 1.13. The summed E-state index contributed by atoms with van der Waals surface area (Å²) in [5.74, 6) is -1.57. The van der Waals surface area contributed by atoms with Gasteiger partial charge in [-0.05, 0) is 12.1 Å². The molecule has 1 aromatic carbocycles. The number of rotatable bonds is 4. The summed E-state index contributed by atoms with van der Waals surface area (Å²) in [4.78, 5) is 11.3. The molecule has 0 aliphatic rings. The van der Waals surface area contributed by atoms with Crippen molar-refractivity contribution in [3.63, 3.8) is 0 Å². The zero-order valence-electron chi connectivity index (χ0n) is 8.63. The van der Waals surface area contributed by atoms with Gasteiger partial charge < -0.3 is 15.2 Å². The van der Waals surface area contributed by atoms with Gasteiger partial charge in [-0.1, -0.05) is 11.6 Å². The maximum atomic E-state index is 13.5. The number of carbonyl (C=O) groups is 1. The van der Waals surface area contributed by atoms with Crippen molar-refractivity contribution in [3.8, 4) is 5.75 Å². The molecule has 0 fully saturated rings. The molecule has 0 heterocycles. The van der Waals surface area contributed by atoms with Crippen LogP contribution in [0.3, 0.4) is 0 Å². The lowest BCUT2D eigenvalue weighted by molar-refractivity contribution is 0.0590. The highest BCUT2D eigenvalue weighted by molar-refractivity contribution is 6.30. The summed E-state index contributed by atoms with van der Waals surface area (Å²) in [7, 11) is 1.16. The number of nitrogens with two attached hydrogens (primary N) is 1. The zero-order chi connectivity index (χ0) is 12.1. The van der Waals surface area contributed by atoms with Crippen LogP contribution in [0.4, 0.5) is 4.39 Å². The minimum absolute atomic E-state index is 0.0299. The van der Waals surface area contributed by atoms with E-state index in [9.17, 15) is 9.18 Å². The van der Waals surface area contributed by atoms with Gasteiger partial charge in [0, 0.05) is 11.6 Å². The van der Waals surface area contributed by atoms with Gasteiger partial charge in [-0.25, -0.2) is 9.18 Å². The first-order valence-electron chi connectivity index (χ1n) is 4.50. The number of hydrogen-bond acceptors (Lipinski definition) is 4. The Morgan fingerprint density at radius 3 is 2.81 bits per heavy atom. The SMILES string of the molecule is COC(=O)c1c(F)cc(Cl)cc1OCCN. The van der Waals surface area contributed by atoms with Crippen LogP contribution < -0.4 is 10.5 Å². The molecule has 2 N–H and O–H groups in total. The van der Waals surface area contributed by atoms with Crippen LogP contribution in [0.1, 0.15) is 10.4 Å². The molecule has 0 aliphatic carbocycles. The molecule has 0 atom stereocenters. The van der Waals surface area contributed by atoms with Gasteiger partial charge in [0.1, 0.15) is 23.7 Å². The first-order valence-corrected chi connectivity index (χ1v) is 4.88. The molecule has 1 aromatic rings. The van der Waals surface area contributed by atoms with Gasteiger partial charge in [0.2, 0.25) is 0 Å². The summed E-state index contributed by atoms with van der Waals surface area (Å²) in [6.07, 6.45) is 0. The van der Waals surface area contributed by atoms with E-state index in [2.05, 4.69) is 4.74 Å². The largest absolute Gasteiger partial charge is 0.491 e. The molecule has 0 unspecified atom stereocenters. The fourth-order valence-corrected chi connectivity index (χ4v) is 1.33. The zero-order valence-corrected chi connectivity index (χ0v) is 9.38. The van der Waals surface area contributed by atoms with Crippen LogP contribution in [0.5, 0.6) is 5.75 Å². The summed E-state index contributed by atoms with van der Waals surface area (Å²) in [5.41, 5.74) is 4.97. The number of methoxy groups -OCH3 is 1. The van der Waals surface area contributed by atoms with Gasteiger partial charge in [0.05, 0.1) is 7.11 Å². The van der Waals surface area contributed by atoms with Crippen LogP contribution in [0.2, 0.25) is 5.02 Å². The molecule has 16 heavy (non-hydrogen) atoms. The number of ether oxygens (including phenoxy) is 2. The molecule has 0 bridgehead atoms. The monoisotopic (exact) mass is 247 g/mol. The van der Waals surface area contributed by atoms with Crippen LogP contribution in [-0.2, 0) is 4.74 Å². The number of benzene rings is 1. The Hall–Kier alpha value is -1.33. The number of halogens is 2. The Balaban J connectivity index is 3.15. The first kappa shape index (κ1) is 12.7. The van der Waals surface area contributed by atoms with Crippen LogP contribution >= 0.6 is 11.6 Å². The molecule has 0 saturated heterocycles. The normalized spacial score (nSPS) is 10.0. The van der Waals surface area contributed by atoms with Crippen LogP contribution in [0.25, 0.3) is 0 Å². The van der Waals surface area contributed by atoms with Crippen molar-refractivity contribution in [2.24, 2.45) is 5.73 Å². The Morgan fingerprint density at radius 2 is 2.25 bits per heavy atom. The molecular weight excluding hydrogens is 237 g/mol. The predicted octanol–water partition coefficient (Wildman–Crippen LogP) is 1.60.